The van der Waals surface area contributed by atoms with Gasteiger partial charge in [-0.25, -0.2) is 9.37 Å². The molecule has 1 saturated heterocycles. The Morgan fingerprint density at radius 3 is 2.75 bits per heavy atom. The smallest absolute Gasteiger partial charge is 0.256 e. The molecule has 28 heavy (non-hydrogen) atoms. The zero-order chi connectivity index (χ0) is 19.7. The Balaban J connectivity index is 1.48. The van der Waals surface area contributed by atoms with Gasteiger partial charge in [0.05, 0.1) is 11.3 Å². The van der Waals surface area contributed by atoms with Crippen molar-refractivity contribution in [2.24, 2.45) is 0 Å². The van der Waals surface area contributed by atoms with E-state index >= 15 is 0 Å². The minimum absolute atomic E-state index is 0.0713. The van der Waals surface area contributed by atoms with Crippen LogP contribution >= 0.6 is 0 Å². The zero-order valence-corrected chi connectivity index (χ0v) is 16.1. The van der Waals surface area contributed by atoms with Crippen LogP contribution in [0.4, 0.5) is 15.9 Å². The molecule has 0 atom stereocenters. The quantitative estimate of drug-likeness (QED) is 0.726. The summed E-state index contributed by atoms with van der Waals surface area (Å²) in [4.78, 5) is 24.6. The van der Waals surface area contributed by atoms with Crippen LogP contribution < -0.4 is 10.2 Å². The zero-order valence-electron chi connectivity index (χ0n) is 16.1. The van der Waals surface area contributed by atoms with Crippen molar-refractivity contribution in [3.05, 3.63) is 54.1 Å². The van der Waals surface area contributed by atoms with Crippen molar-refractivity contribution in [1.82, 2.24) is 14.9 Å². The van der Waals surface area contributed by atoms with E-state index in [4.69, 9.17) is 0 Å². The van der Waals surface area contributed by atoms with E-state index < -0.39 is 0 Å². The van der Waals surface area contributed by atoms with E-state index in [-0.39, 0.29) is 11.7 Å². The Labute approximate surface area is 163 Å². The molecule has 6 nitrogen and oxygen atoms in total. The summed E-state index contributed by atoms with van der Waals surface area (Å²) in [5.41, 5.74) is 2.29. The number of pyridine rings is 1. The summed E-state index contributed by atoms with van der Waals surface area (Å²) >= 11 is 0. The van der Waals surface area contributed by atoms with Crippen LogP contribution in [0.15, 0.2) is 42.7 Å². The molecule has 3 aromatic rings. The molecule has 0 spiro atoms. The Morgan fingerprint density at radius 1 is 1.21 bits per heavy atom. The lowest BCUT2D eigenvalue weighted by molar-refractivity contribution is 0.0748. The number of halogens is 1. The second-order valence-electron chi connectivity index (χ2n) is 7.35. The fourth-order valence-corrected chi connectivity index (χ4v) is 3.63. The molecule has 1 aliphatic rings. The fourth-order valence-electron chi connectivity index (χ4n) is 3.63. The number of nitrogens with zero attached hydrogens (tertiary/aromatic N) is 3. The number of carbonyl (C=O) groups is 1. The standard InChI is InChI=1S/C21H24FN5O/c1-14(2)25-19-4-3-7-23-20(19)26-8-10-27(11-9-26)21(28)17-13-24-18-6-5-15(22)12-16(17)18/h3-7,12-14,24-25H,8-11H2,1-2H3. The second-order valence-corrected chi connectivity index (χ2v) is 7.35. The monoisotopic (exact) mass is 381 g/mol. The molecule has 1 amide bonds. The van der Waals surface area contributed by atoms with E-state index in [0.29, 0.717) is 43.2 Å². The average Bonchev–Trinajstić information content (AvgIpc) is 3.10. The van der Waals surface area contributed by atoms with Gasteiger partial charge in [0, 0.05) is 55.5 Å². The molecule has 2 aromatic heterocycles. The van der Waals surface area contributed by atoms with Gasteiger partial charge in [0.15, 0.2) is 5.82 Å². The van der Waals surface area contributed by atoms with Crippen LogP contribution in [-0.2, 0) is 0 Å². The van der Waals surface area contributed by atoms with E-state index in [2.05, 4.69) is 34.0 Å². The van der Waals surface area contributed by atoms with Crippen molar-refractivity contribution in [3.8, 4) is 0 Å². The molecule has 3 heterocycles. The first-order chi connectivity index (χ1) is 13.5. The van der Waals surface area contributed by atoms with Gasteiger partial charge in [-0.15, -0.1) is 0 Å². The fraction of sp³-hybridized carbons (Fsp3) is 0.333. The summed E-state index contributed by atoms with van der Waals surface area (Å²) in [6.07, 6.45) is 3.46. The maximum Gasteiger partial charge on any atom is 0.256 e. The molecule has 2 N–H and O–H groups in total. The highest BCUT2D eigenvalue weighted by atomic mass is 19.1. The summed E-state index contributed by atoms with van der Waals surface area (Å²) < 4.78 is 13.6. The van der Waals surface area contributed by atoms with Crippen molar-refractivity contribution >= 4 is 28.3 Å². The highest BCUT2D eigenvalue weighted by Crippen LogP contribution is 2.26. The van der Waals surface area contributed by atoms with Gasteiger partial charge in [0.1, 0.15) is 5.82 Å². The Morgan fingerprint density at radius 2 is 2.00 bits per heavy atom. The summed E-state index contributed by atoms with van der Waals surface area (Å²) in [5.74, 6) is 0.502. The molecule has 1 aromatic carbocycles. The van der Waals surface area contributed by atoms with Crippen molar-refractivity contribution in [3.63, 3.8) is 0 Å². The van der Waals surface area contributed by atoms with E-state index in [1.807, 2.05) is 17.0 Å². The predicted molar refractivity (Wildman–Crippen MR) is 109 cm³/mol. The summed E-state index contributed by atoms with van der Waals surface area (Å²) in [7, 11) is 0. The molecule has 7 heteroatoms. The van der Waals surface area contributed by atoms with E-state index in [1.165, 1.54) is 12.1 Å². The number of amides is 1. The third-order valence-corrected chi connectivity index (χ3v) is 4.97. The van der Waals surface area contributed by atoms with E-state index in [1.54, 1.807) is 18.5 Å². The molecule has 0 bridgehead atoms. The van der Waals surface area contributed by atoms with Crippen LogP contribution in [-0.4, -0.2) is 53.0 Å². The number of piperazine rings is 1. The number of nitrogens with one attached hydrogen (secondary N) is 2. The molecule has 4 rings (SSSR count). The summed E-state index contributed by atoms with van der Waals surface area (Å²) in [5, 5.41) is 4.05. The number of hydrogen-bond donors (Lipinski definition) is 2. The Bertz CT molecular complexity index is 991. The van der Waals surface area contributed by atoms with Crippen LogP contribution in [0, 0.1) is 5.82 Å². The molecular weight excluding hydrogens is 357 g/mol. The van der Waals surface area contributed by atoms with Gasteiger partial charge in [-0.1, -0.05) is 0 Å². The van der Waals surface area contributed by atoms with Gasteiger partial charge in [-0.2, -0.15) is 0 Å². The Hall–Kier alpha value is -3.09. The second kappa shape index (κ2) is 7.50. The number of hydrogen-bond acceptors (Lipinski definition) is 4. The SMILES string of the molecule is CC(C)Nc1cccnc1N1CCN(C(=O)c2c[nH]c3ccc(F)cc23)CC1. The lowest BCUT2D eigenvalue weighted by atomic mass is 10.1. The minimum atomic E-state index is -0.341. The van der Waals surface area contributed by atoms with Gasteiger partial charge in [-0.3, -0.25) is 4.79 Å². The van der Waals surface area contributed by atoms with Crippen molar-refractivity contribution in [2.45, 2.75) is 19.9 Å². The molecule has 0 unspecified atom stereocenters. The first-order valence-electron chi connectivity index (χ1n) is 9.55. The highest BCUT2D eigenvalue weighted by molar-refractivity contribution is 6.06. The number of anilines is 2. The average molecular weight is 381 g/mol. The van der Waals surface area contributed by atoms with Crippen molar-refractivity contribution in [1.29, 1.82) is 0 Å². The van der Waals surface area contributed by atoms with Gasteiger partial charge in [0.2, 0.25) is 0 Å². The third kappa shape index (κ3) is 3.52. The van der Waals surface area contributed by atoms with Gasteiger partial charge < -0.3 is 20.1 Å². The highest BCUT2D eigenvalue weighted by Gasteiger charge is 2.25. The van der Waals surface area contributed by atoms with Crippen molar-refractivity contribution < 1.29 is 9.18 Å². The maximum absolute atomic E-state index is 13.6. The van der Waals surface area contributed by atoms with Crippen LogP contribution in [0.3, 0.4) is 0 Å². The topological polar surface area (TPSA) is 64.3 Å². The maximum atomic E-state index is 13.6. The van der Waals surface area contributed by atoms with Crippen LogP contribution in [0.5, 0.6) is 0 Å². The first kappa shape index (κ1) is 18.3. The van der Waals surface area contributed by atoms with Crippen LogP contribution in [0.1, 0.15) is 24.2 Å². The summed E-state index contributed by atoms with van der Waals surface area (Å²) in [6, 6.07) is 8.72. The number of carbonyl (C=O) groups excluding carboxylic acids is 1. The lowest BCUT2D eigenvalue weighted by Gasteiger charge is -2.36. The minimum Gasteiger partial charge on any atom is -0.380 e. The number of aromatic amines is 1. The van der Waals surface area contributed by atoms with Crippen LogP contribution in [0.2, 0.25) is 0 Å². The van der Waals surface area contributed by atoms with Crippen LogP contribution in [0.25, 0.3) is 10.9 Å². The number of rotatable bonds is 4. The molecular formula is C21H24FN5O. The predicted octanol–water partition coefficient (Wildman–Crippen LogP) is 3.48. The molecule has 1 fully saturated rings. The lowest BCUT2D eigenvalue weighted by Crippen LogP contribution is -2.49. The number of aromatic nitrogens is 2. The third-order valence-electron chi connectivity index (χ3n) is 4.97. The molecule has 0 radical (unpaired) electrons. The molecule has 0 saturated carbocycles. The van der Waals surface area contributed by atoms with Gasteiger partial charge in [0.25, 0.3) is 5.91 Å². The number of H-pyrrole nitrogens is 1. The van der Waals surface area contributed by atoms with E-state index in [9.17, 15) is 9.18 Å². The van der Waals surface area contributed by atoms with E-state index in [0.717, 1.165) is 17.0 Å². The Kier molecular flexibility index (Phi) is 4.90. The first-order valence-corrected chi connectivity index (χ1v) is 9.55. The number of benzene rings is 1. The summed E-state index contributed by atoms with van der Waals surface area (Å²) in [6.45, 7) is 6.78. The normalized spacial score (nSPS) is 14.7. The number of fused-ring (bicyclic) bond motifs is 1. The van der Waals surface area contributed by atoms with Gasteiger partial charge in [-0.05, 0) is 44.2 Å². The molecule has 1 aliphatic heterocycles. The van der Waals surface area contributed by atoms with Crippen molar-refractivity contribution in [2.75, 3.05) is 36.4 Å². The van der Waals surface area contributed by atoms with Gasteiger partial charge >= 0.3 is 0 Å². The molecule has 146 valence electrons. The molecule has 0 aliphatic carbocycles. The largest absolute Gasteiger partial charge is 0.380 e.